The van der Waals surface area contributed by atoms with Gasteiger partial charge in [0.25, 0.3) is 5.91 Å². The average molecular weight is 237 g/mol. The maximum Gasteiger partial charge on any atom is 0.311 e. The molecule has 17 heavy (non-hydrogen) atoms. The molecule has 1 aromatic heterocycles. The molecule has 1 aliphatic heterocycles. The zero-order valence-corrected chi connectivity index (χ0v) is 9.64. The van der Waals surface area contributed by atoms with Crippen LogP contribution >= 0.6 is 0 Å². The summed E-state index contributed by atoms with van der Waals surface area (Å²) in [6.07, 6.45) is 2.82. The number of rotatable bonds is 2. The minimum absolute atomic E-state index is 0.185. The van der Waals surface area contributed by atoms with Gasteiger partial charge in [0.1, 0.15) is 5.69 Å². The van der Waals surface area contributed by atoms with E-state index < -0.39 is 11.4 Å². The third-order valence-electron chi connectivity index (χ3n) is 3.23. The number of amides is 1. The van der Waals surface area contributed by atoms with Crippen LogP contribution in [0.15, 0.2) is 12.3 Å². The van der Waals surface area contributed by atoms with Gasteiger partial charge in [-0.2, -0.15) is 5.10 Å². The van der Waals surface area contributed by atoms with Gasteiger partial charge < -0.3 is 10.0 Å². The van der Waals surface area contributed by atoms with Crippen LogP contribution < -0.4 is 0 Å². The molecule has 0 spiro atoms. The maximum atomic E-state index is 12.0. The zero-order valence-electron chi connectivity index (χ0n) is 9.64. The third kappa shape index (κ3) is 2.15. The minimum Gasteiger partial charge on any atom is -0.481 e. The van der Waals surface area contributed by atoms with Crippen molar-refractivity contribution in [3.05, 3.63) is 18.0 Å². The van der Waals surface area contributed by atoms with Gasteiger partial charge in [-0.25, -0.2) is 0 Å². The average Bonchev–Trinajstić information content (AvgIpc) is 2.81. The van der Waals surface area contributed by atoms with Gasteiger partial charge in [0, 0.05) is 19.3 Å². The summed E-state index contributed by atoms with van der Waals surface area (Å²) in [5, 5.41) is 15.5. The highest BCUT2D eigenvalue weighted by Crippen LogP contribution is 2.30. The lowest BCUT2D eigenvalue weighted by atomic mass is 9.82. The lowest BCUT2D eigenvalue weighted by Crippen LogP contribution is -2.48. The van der Waals surface area contributed by atoms with Crippen LogP contribution in [0, 0.1) is 5.41 Å². The number of carbonyl (C=O) groups excluding carboxylic acids is 1. The summed E-state index contributed by atoms with van der Waals surface area (Å²) in [5.41, 5.74) is -0.437. The van der Waals surface area contributed by atoms with Gasteiger partial charge in [0.2, 0.25) is 0 Å². The molecule has 2 rings (SSSR count). The second-order valence-electron chi connectivity index (χ2n) is 4.67. The molecule has 0 radical (unpaired) electrons. The van der Waals surface area contributed by atoms with Crippen LogP contribution in [0.25, 0.3) is 0 Å². The van der Waals surface area contributed by atoms with Crippen molar-refractivity contribution in [2.24, 2.45) is 5.41 Å². The van der Waals surface area contributed by atoms with E-state index in [1.54, 1.807) is 17.9 Å². The Kier molecular flexibility index (Phi) is 2.87. The monoisotopic (exact) mass is 237 g/mol. The number of nitrogens with zero attached hydrogens (tertiary/aromatic N) is 2. The highest BCUT2D eigenvalue weighted by molar-refractivity contribution is 5.92. The molecule has 1 aliphatic rings. The van der Waals surface area contributed by atoms with Gasteiger partial charge in [-0.15, -0.1) is 0 Å². The fraction of sp³-hybridized carbons (Fsp3) is 0.545. The smallest absolute Gasteiger partial charge is 0.311 e. The molecule has 0 bridgehead atoms. The van der Waals surface area contributed by atoms with Crippen molar-refractivity contribution in [3.8, 4) is 0 Å². The Morgan fingerprint density at radius 1 is 1.59 bits per heavy atom. The zero-order chi connectivity index (χ0) is 12.5. The van der Waals surface area contributed by atoms with E-state index in [4.69, 9.17) is 5.11 Å². The number of aromatic nitrogens is 2. The molecule has 1 saturated heterocycles. The molecule has 1 aromatic rings. The summed E-state index contributed by atoms with van der Waals surface area (Å²) in [6.45, 7) is 2.53. The van der Waals surface area contributed by atoms with Crippen molar-refractivity contribution in [2.75, 3.05) is 13.1 Å². The van der Waals surface area contributed by atoms with Crippen molar-refractivity contribution in [3.63, 3.8) is 0 Å². The lowest BCUT2D eigenvalue weighted by molar-refractivity contribution is -0.150. The first kappa shape index (κ1) is 11.6. The molecule has 2 N–H and O–H groups in total. The number of aromatic amines is 1. The fourth-order valence-electron chi connectivity index (χ4n) is 2.13. The Hall–Kier alpha value is -1.85. The molecular weight excluding hydrogens is 222 g/mol. The van der Waals surface area contributed by atoms with Crippen LogP contribution in [0.5, 0.6) is 0 Å². The maximum absolute atomic E-state index is 12.0. The predicted molar refractivity (Wildman–Crippen MR) is 59.5 cm³/mol. The van der Waals surface area contributed by atoms with Gasteiger partial charge in [0.15, 0.2) is 0 Å². The van der Waals surface area contributed by atoms with E-state index in [1.807, 2.05) is 0 Å². The first-order valence-electron chi connectivity index (χ1n) is 5.55. The third-order valence-corrected chi connectivity index (χ3v) is 3.23. The van der Waals surface area contributed by atoms with Crippen molar-refractivity contribution < 1.29 is 14.7 Å². The Labute approximate surface area is 98.6 Å². The van der Waals surface area contributed by atoms with E-state index in [0.29, 0.717) is 25.1 Å². The molecular formula is C11H15N3O3. The van der Waals surface area contributed by atoms with E-state index >= 15 is 0 Å². The Balaban J connectivity index is 2.13. The number of carboxylic acid groups (broad SMARTS) is 1. The van der Waals surface area contributed by atoms with E-state index in [2.05, 4.69) is 10.2 Å². The summed E-state index contributed by atoms with van der Waals surface area (Å²) in [4.78, 5) is 24.8. The van der Waals surface area contributed by atoms with Gasteiger partial charge >= 0.3 is 5.97 Å². The number of nitrogens with one attached hydrogen (secondary N) is 1. The SMILES string of the molecule is CC1(C(=O)O)CCCN(C(=O)c2ccn[nH]2)C1. The second-order valence-corrected chi connectivity index (χ2v) is 4.67. The Bertz CT molecular complexity index is 429. The molecule has 0 saturated carbocycles. The molecule has 0 aliphatic carbocycles. The van der Waals surface area contributed by atoms with Crippen LogP contribution in [0.3, 0.4) is 0 Å². The summed E-state index contributed by atoms with van der Waals surface area (Å²) in [5.74, 6) is -1.03. The van der Waals surface area contributed by atoms with Gasteiger partial charge in [-0.1, -0.05) is 0 Å². The van der Waals surface area contributed by atoms with E-state index in [0.717, 1.165) is 0 Å². The largest absolute Gasteiger partial charge is 0.481 e. The summed E-state index contributed by atoms with van der Waals surface area (Å²) < 4.78 is 0. The quantitative estimate of drug-likeness (QED) is 0.794. The molecule has 92 valence electrons. The number of piperidine rings is 1. The van der Waals surface area contributed by atoms with Crippen molar-refractivity contribution >= 4 is 11.9 Å². The van der Waals surface area contributed by atoms with Crippen LogP contribution in [-0.4, -0.2) is 45.2 Å². The molecule has 1 unspecified atom stereocenters. The van der Waals surface area contributed by atoms with Crippen molar-refractivity contribution in [1.82, 2.24) is 15.1 Å². The summed E-state index contributed by atoms with van der Waals surface area (Å²) in [6, 6.07) is 1.59. The molecule has 6 heteroatoms. The molecule has 1 amide bonds. The standard InChI is InChI=1S/C11H15N3O3/c1-11(10(16)17)4-2-6-14(7-11)9(15)8-3-5-12-13-8/h3,5H,2,4,6-7H2,1H3,(H,12,13)(H,16,17). The van der Waals surface area contributed by atoms with Crippen molar-refractivity contribution in [2.45, 2.75) is 19.8 Å². The fourth-order valence-corrected chi connectivity index (χ4v) is 2.13. The topological polar surface area (TPSA) is 86.3 Å². The highest BCUT2D eigenvalue weighted by atomic mass is 16.4. The first-order valence-corrected chi connectivity index (χ1v) is 5.55. The van der Waals surface area contributed by atoms with E-state index in [-0.39, 0.29) is 12.5 Å². The van der Waals surface area contributed by atoms with Gasteiger partial charge in [0.05, 0.1) is 5.41 Å². The molecule has 1 atom stereocenters. The summed E-state index contributed by atoms with van der Waals surface area (Å²) in [7, 11) is 0. The van der Waals surface area contributed by atoms with Crippen LogP contribution in [0.1, 0.15) is 30.3 Å². The molecule has 6 nitrogen and oxygen atoms in total. The molecule has 1 fully saturated rings. The van der Waals surface area contributed by atoms with Crippen LogP contribution in [0.4, 0.5) is 0 Å². The Morgan fingerprint density at radius 3 is 2.94 bits per heavy atom. The van der Waals surface area contributed by atoms with Crippen LogP contribution in [0.2, 0.25) is 0 Å². The number of hydrogen-bond donors (Lipinski definition) is 2. The van der Waals surface area contributed by atoms with E-state index in [1.165, 1.54) is 6.20 Å². The minimum atomic E-state index is -0.848. The van der Waals surface area contributed by atoms with Crippen molar-refractivity contribution in [1.29, 1.82) is 0 Å². The van der Waals surface area contributed by atoms with Gasteiger partial charge in [-0.05, 0) is 25.8 Å². The summed E-state index contributed by atoms with van der Waals surface area (Å²) >= 11 is 0. The lowest BCUT2D eigenvalue weighted by Gasteiger charge is -2.37. The first-order chi connectivity index (χ1) is 8.03. The number of aliphatic carboxylic acids is 1. The number of H-pyrrole nitrogens is 1. The molecule has 2 heterocycles. The number of carbonyl (C=O) groups is 2. The number of likely N-dealkylation sites (tertiary alicyclic amines) is 1. The Morgan fingerprint density at radius 2 is 2.35 bits per heavy atom. The number of carboxylic acids is 1. The predicted octanol–water partition coefficient (Wildman–Crippen LogP) is 0.737. The highest BCUT2D eigenvalue weighted by Gasteiger charge is 2.39. The number of hydrogen-bond acceptors (Lipinski definition) is 3. The molecule has 0 aromatic carbocycles. The van der Waals surface area contributed by atoms with Crippen LogP contribution in [-0.2, 0) is 4.79 Å². The normalized spacial score (nSPS) is 24.6. The second kappa shape index (κ2) is 4.20. The van der Waals surface area contributed by atoms with E-state index in [9.17, 15) is 9.59 Å². The van der Waals surface area contributed by atoms with Gasteiger partial charge in [-0.3, -0.25) is 14.7 Å².